The van der Waals surface area contributed by atoms with E-state index in [1.807, 2.05) is 20.8 Å². The second-order valence-electron chi connectivity index (χ2n) is 12.4. The standard InChI is InChI=1S/C30H49N3O4S2/c1-7-22-18-26(38)33(27(22)39)21-30(5,6)17-11-15-24(35)13-9-12-23(34)14-10-16-29(3,4)20-32-25(36)19-31(8-2)28(32)37/h18-19,36,38-39H,7-17,20-21H2,1-6H3. The first-order valence-electron chi connectivity index (χ1n) is 14.3. The Bertz CT molecular complexity index is 1170. The van der Waals surface area contributed by atoms with Crippen LogP contribution in [0.4, 0.5) is 0 Å². The van der Waals surface area contributed by atoms with Crippen LogP contribution in [0.3, 0.4) is 0 Å². The summed E-state index contributed by atoms with van der Waals surface area (Å²) in [5, 5.41) is 12.0. The number of ketones is 2. The Kier molecular flexibility index (Phi) is 12.5. The predicted molar refractivity (Wildman–Crippen MR) is 163 cm³/mol. The van der Waals surface area contributed by atoms with E-state index in [1.54, 1.807) is 0 Å². The van der Waals surface area contributed by atoms with Crippen molar-refractivity contribution in [1.29, 1.82) is 0 Å². The van der Waals surface area contributed by atoms with Gasteiger partial charge in [0.1, 0.15) is 11.6 Å². The summed E-state index contributed by atoms with van der Waals surface area (Å²) >= 11 is 9.29. The summed E-state index contributed by atoms with van der Waals surface area (Å²) in [7, 11) is 0. The molecule has 2 aromatic heterocycles. The highest BCUT2D eigenvalue weighted by Crippen LogP contribution is 2.32. The van der Waals surface area contributed by atoms with E-state index >= 15 is 0 Å². The number of aryl methyl sites for hydroxylation is 2. The van der Waals surface area contributed by atoms with Gasteiger partial charge in [-0.3, -0.25) is 18.7 Å². The van der Waals surface area contributed by atoms with Crippen LogP contribution in [-0.4, -0.2) is 30.4 Å². The van der Waals surface area contributed by atoms with Gasteiger partial charge in [0.15, 0.2) is 0 Å². The maximum Gasteiger partial charge on any atom is 0.331 e. The third-order valence-electron chi connectivity index (χ3n) is 7.57. The minimum absolute atomic E-state index is 0.0233. The number of hydrogen-bond donors (Lipinski definition) is 3. The average Bonchev–Trinajstić information content (AvgIpc) is 3.27. The van der Waals surface area contributed by atoms with Crippen molar-refractivity contribution in [2.24, 2.45) is 10.8 Å². The molecule has 0 bridgehead atoms. The van der Waals surface area contributed by atoms with E-state index in [0.717, 1.165) is 48.7 Å². The zero-order valence-electron chi connectivity index (χ0n) is 24.8. The van der Waals surface area contributed by atoms with Gasteiger partial charge < -0.3 is 9.67 Å². The van der Waals surface area contributed by atoms with E-state index in [2.05, 4.69) is 56.7 Å². The molecule has 0 aromatic carbocycles. The van der Waals surface area contributed by atoms with Crippen molar-refractivity contribution in [3.8, 4) is 5.88 Å². The number of thiol groups is 2. The van der Waals surface area contributed by atoms with Crippen molar-refractivity contribution in [3.05, 3.63) is 28.3 Å². The smallest absolute Gasteiger partial charge is 0.331 e. The Morgan fingerprint density at radius 1 is 0.846 bits per heavy atom. The highest BCUT2D eigenvalue weighted by molar-refractivity contribution is 7.81. The lowest BCUT2D eigenvalue weighted by atomic mass is 9.86. The molecule has 0 aliphatic carbocycles. The number of Topliss-reactive ketones (excluding diaryl/α,β-unsaturated/α-hetero) is 2. The molecule has 0 saturated carbocycles. The van der Waals surface area contributed by atoms with Gasteiger partial charge in [0.25, 0.3) is 0 Å². The Labute approximate surface area is 245 Å². The van der Waals surface area contributed by atoms with E-state index in [4.69, 9.17) is 0 Å². The molecule has 0 aliphatic heterocycles. The van der Waals surface area contributed by atoms with Crippen LogP contribution in [0.15, 0.2) is 27.1 Å². The van der Waals surface area contributed by atoms with Gasteiger partial charge in [-0.1, -0.05) is 34.6 Å². The highest BCUT2D eigenvalue weighted by atomic mass is 32.1. The molecule has 2 aromatic rings. The zero-order valence-corrected chi connectivity index (χ0v) is 26.5. The fourth-order valence-corrected chi connectivity index (χ4v) is 5.97. The van der Waals surface area contributed by atoms with Crippen LogP contribution in [0.1, 0.15) is 105 Å². The third-order valence-corrected chi connectivity index (χ3v) is 8.47. The van der Waals surface area contributed by atoms with Gasteiger partial charge >= 0.3 is 5.69 Å². The molecule has 9 heteroatoms. The number of carbonyl (C=O) groups is 2. The molecular weight excluding hydrogens is 530 g/mol. The fraction of sp³-hybridized carbons (Fsp3) is 0.700. The number of carbonyl (C=O) groups excluding carboxylic acids is 2. The van der Waals surface area contributed by atoms with E-state index in [0.29, 0.717) is 45.2 Å². The van der Waals surface area contributed by atoms with Crippen LogP contribution in [0.25, 0.3) is 0 Å². The largest absolute Gasteiger partial charge is 0.493 e. The number of imidazole rings is 1. The topological polar surface area (TPSA) is 86.2 Å². The molecule has 0 unspecified atom stereocenters. The second-order valence-corrected chi connectivity index (χ2v) is 13.3. The van der Waals surface area contributed by atoms with Crippen molar-refractivity contribution in [2.45, 2.75) is 135 Å². The average molecular weight is 580 g/mol. The van der Waals surface area contributed by atoms with Crippen molar-refractivity contribution < 1.29 is 14.7 Å². The quantitative estimate of drug-likeness (QED) is 0.171. The summed E-state index contributed by atoms with van der Waals surface area (Å²) in [6.07, 6.45) is 8.16. The zero-order chi connectivity index (χ0) is 29.4. The van der Waals surface area contributed by atoms with Crippen LogP contribution >= 0.6 is 25.3 Å². The second kappa shape index (κ2) is 14.7. The summed E-state index contributed by atoms with van der Waals surface area (Å²) in [6, 6.07) is 2.08. The monoisotopic (exact) mass is 579 g/mol. The minimum atomic E-state index is -0.228. The van der Waals surface area contributed by atoms with Crippen molar-refractivity contribution >= 4 is 36.8 Å². The molecule has 0 spiro atoms. The molecule has 39 heavy (non-hydrogen) atoms. The molecule has 0 saturated heterocycles. The normalized spacial score (nSPS) is 12.3. The van der Waals surface area contributed by atoms with E-state index in [-0.39, 0.29) is 34.0 Å². The molecule has 0 amide bonds. The van der Waals surface area contributed by atoms with E-state index in [9.17, 15) is 19.5 Å². The van der Waals surface area contributed by atoms with Crippen molar-refractivity contribution in [1.82, 2.24) is 13.7 Å². The summed E-state index contributed by atoms with van der Waals surface area (Å²) in [5.41, 5.74) is 0.785. The van der Waals surface area contributed by atoms with Gasteiger partial charge in [-0.2, -0.15) is 0 Å². The van der Waals surface area contributed by atoms with Crippen LogP contribution in [-0.2, 0) is 35.6 Å². The lowest BCUT2D eigenvalue weighted by Gasteiger charge is -2.26. The van der Waals surface area contributed by atoms with E-state index < -0.39 is 0 Å². The van der Waals surface area contributed by atoms with E-state index in [1.165, 1.54) is 20.9 Å². The predicted octanol–water partition coefficient (Wildman–Crippen LogP) is 6.72. The van der Waals surface area contributed by atoms with Crippen LogP contribution < -0.4 is 5.69 Å². The highest BCUT2D eigenvalue weighted by Gasteiger charge is 2.23. The SMILES string of the molecule is CCc1cc(S)n(CC(C)(C)CCCC(=O)CCCC(=O)CCCC(C)(C)Cn2c(O)cn(CC)c2=O)c1S. The third kappa shape index (κ3) is 10.2. The molecule has 0 aliphatic rings. The Morgan fingerprint density at radius 2 is 1.33 bits per heavy atom. The summed E-state index contributed by atoms with van der Waals surface area (Å²) in [4.78, 5) is 37.2. The Morgan fingerprint density at radius 3 is 1.77 bits per heavy atom. The number of nitrogens with zero attached hydrogens (tertiary/aromatic N) is 3. The summed E-state index contributed by atoms with van der Waals surface area (Å²) < 4.78 is 5.03. The first kappa shape index (κ1) is 33.3. The number of aromatic nitrogens is 3. The Hall–Kier alpha value is -1.87. The van der Waals surface area contributed by atoms with Gasteiger partial charge in [0.05, 0.1) is 16.2 Å². The van der Waals surface area contributed by atoms with Gasteiger partial charge in [-0.05, 0) is 67.9 Å². The molecule has 0 fully saturated rings. The maximum absolute atomic E-state index is 12.4. The summed E-state index contributed by atoms with van der Waals surface area (Å²) in [5.74, 6) is 0.382. The molecule has 7 nitrogen and oxygen atoms in total. The van der Waals surface area contributed by atoms with Crippen LogP contribution in [0, 0.1) is 10.8 Å². The van der Waals surface area contributed by atoms with Gasteiger partial charge in [0.2, 0.25) is 5.88 Å². The van der Waals surface area contributed by atoms with Crippen LogP contribution in [0.2, 0.25) is 0 Å². The molecule has 220 valence electrons. The van der Waals surface area contributed by atoms with Gasteiger partial charge in [0, 0.05) is 45.3 Å². The number of aromatic hydroxyl groups is 1. The molecule has 2 rings (SSSR count). The first-order chi connectivity index (χ1) is 18.2. The van der Waals surface area contributed by atoms with Gasteiger partial charge in [-0.25, -0.2) is 4.79 Å². The van der Waals surface area contributed by atoms with Crippen molar-refractivity contribution in [3.63, 3.8) is 0 Å². The van der Waals surface area contributed by atoms with Crippen molar-refractivity contribution in [2.75, 3.05) is 0 Å². The fourth-order valence-electron chi connectivity index (χ4n) is 5.16. The Balaban J connectivity index is 1.65. The molecular formula is C30H49N3O4S2. The maximum atomic E-state index is 12.4. The lowest BCUT2D eigenvalue weighted by Crippen LogP contribution is -2.30. The lowest BCUT2D eigenvalue weighted by molar-refractivity contribution is -0.120. The number of rotatable bonds is 18. The summed E-state index contributed by atoms with van der Waals surface area (Å²) in [6.45, 7) is 14.2. The molecule has 2 heterocycles. The molecule has 0 atom stereocenters. The van der Waals surface area contributed by atoms with Gasteiger partial charge in [-0.15, -0.1) is 25.3 Å². The number of hydrogen-bond acceptors (Lipinski definition) is 6. The molecule has 1 N–H and O–H groups in total. The first-order valence-corrected chi connectivity index (χ1v) is 15.2. The molecule has 0 radical (unpaired) electrons. The minimum Gasteiger partial charge on any atom is -0.493 e. The van der Waals surface area contributed by atoms with Crippen LogP contribution in [0.5, 0.6) is 5.88 Å².